The Morgan fingerprint density at radius 1 is 1.05 bits per heavy atom. The summed E-state index contributed by atoms with van der Waals surface area (Å²) in [7, 11) is 0. The molecule has 0 aliphatic rings. The molecule has 0 spiro atoms. The number of amides is 1. The van der Waals surface area contributed by atoms with Crippen LogP contribution in [0.2, 0.25) is 0 Å². The fourth-order valence-corrected chi connectivity index (χ4v) is 2.04. The molecule has 1 amide bonds. The maximum absolute atomic E-state index is 12.2. The van der Waals surface area contributed by atoms with Gasteiger partial charge in [0.25, 0.3) is 0 Å². The summed E-state index contributed by atoms with van der Waals surface area (Å²) in [5.41, 5.74) is 0. The highest BCUT2D eigenvalue weighted by atomic mass is 16.5. The van der Waals surface area contributed by atoms with E-state index in [1.165, 1.54) is 0 Å². The summed E-state index contributed by atoms with van der Waals surface area (Å²) in [6.07, 6.45) is 4.77. The normalized spacial score (nSPS) is 12.3. The van der Waals surface area contributed by atoms with Crippen LogP contribution in [0.25, 0.3) is 0 Å². The Morgan fingerprint density at radius 3 is 2.24 bits per heavy atom. The Balaban J connectivity index is 4.28. The van der Waals surface area contributed by atoms with Crippen LogP contribution in [0.3, 0.4) is 0 Å². The van der Waals surface area contributed by atoms with E-state index in [9.17, 15) is 9.59 Å². The first-order chi connectivity index (χ1) is 9.90. The van der Waals surface area contributed by atoms with E-state index >= 15 is 0 Å². The first-order valence-electron chi connectivity index (χ1n) is 8.37. The second kappa shape index (κ2) is 11.6. The number of ether oxygens (including phenoxy) is 1. The van der Waals surface area contributed by atoms with E-state index in [1.54, 1.807) is 0 Å². The number of hydrogen-bond acceptors (Lipinski definition) is 3. The van der Waals surface area contributed by atoms with Crippen molar-refractivity contribution >= 4 is 11.9 Å². The molecule has 0 aromatic heterocycles. The van der Waals surface area contributed by atoms with Crippen LogP contribution in [-0.2, 0) is 14.3 Å². The van der Waals surface area contributed by atoms with Crippen LogP contribution >= 0.6 is 0 Å². The lowest BCUT2D eigenvalue weighted by Crippen LogP contribution is -2.36. The van der Waals surface area contributed by atoms with Gasteiger partial charge in [0.1, 0.15) is 0 Å². The number of unbranched alkanes of at least 4 members (excludes halogenated alkanes) is 2. The van der Waals surface area contributed by atoms with Crippen LogP contribution in [-0.4, -0.2) is 36.0 Å². The van der Waals surface area contributed by atoms with Crippen LogP contribution in [0.5, 0.6) is 0 Å². The van der Waals surface area contributed by atoms with Crippen molar-refractivity contribution < 1.29 is 14.3 Å². The molecule has 4 nitrogen and oxygen atoms in total. The van der Waals surface area contributed by atoms with Crippen LogP contribution in [0.1, 0.15) is 73.1 Å². The third-order valence-corrected chi connectivity index (χ3v) is 3.43. The van der Waals surface area contributed by atoms with Gasteiger partial charge < -0.3 is 9.64 Å². The lowest BCUT2D eigenvalue weighted by molar-refractivity contribution is -0.149. The van der Waals surface area contributed by atoms with Gasteiger partial charge in [0.2, 0.25) is 5.91 Å². The van der Waals surface area contributed by atoms with Gasteiger partial charge in [0.15, 0.2) is 0 Å². The van der Waals surface area contributed by atoms with Gasteiger partial charge in [-0.25, -0.2) is 0 Å². The van der Waals surface area contributed by atoms with Crippen molar-refractivity contribution in [3.8, 4) is 0 Å². The fraction of sp³-hybridized carbons (Fsp3) is 0.882. The average Bonchev–Trinajstić information content (AvgIpc) is 2.42. The third kappa shape index (κ3) is 10.3. The zero-order chi connectivity index (χ0) is 16.3. The second-order valence-electron chi connectivity index (χ2n) is 6.15. The number of esters is 1. The van der Waals surface area contributed by atoms with E-state index in [1.807, 2.05) is 18.7 Å². The number of rotatable bonds is 11. The van der Waals surface area contributed by atoms with Gasteiger partial charge in [0, 0.05) is 19.5 Å². The van der Waals surface area contributed by atoms with Gasteiger partial charge in [-0.3, -0.25) is 9.59 Å². The zero-order valence-electron chi connectivity index (χ0n) is 14.5. The lowest BCUT2D eigenvalue weighted by Gasteiger charge is -2.24. The summed E-state index contributed by atoms with van der Waals surface area (Å²) in [6.45, 7) is 11.4. The largest absolute Gasteiger partial charge is 0.463 e. The monoisotopic (exact) mass is 299 g/mol. The van der Waals surface area contributed by atoms with Crippen LogP contribution in [0.15, 0.2) is 0 Å². The first-order valence-corrected chi connectivity index (χ1v) is 8.37. The van der Waals surface area contributed by atoms with Crippen LogP contribution < -0.4 is 0 Å². The van der Waals surface area contributed by atoms with E-state index in [2.05, 4.69) is 20.8 Å². The Labute approximate surface area is 130 Å². The summed E-state index contributed by atoms with van der Waals surface area (Å²) in [6, 6.07) is 0. The Morgan fingerprint density at radius 2 is 1.71 bits per heavy atom. The van der Waals surface area contributed by atoms with Gasteiger partial charge in [-0.05, 0) is 25.7 Å². The van der Waals surface area contributed by atoms with E-state index < -0.39 is 0 Å². The third-order valence-electron chi connectivity index (χ3n) is 3.43. The molecular weight excluding hydrogens is 266 g/mol. The molecule has 0 heterocycles. The van der Waals surface area contributed by atoms with E-state index in [4.69, 9.17) is 4.74 Å². The Hall–Kier alpha value is -1.06. The summed E-state index contributed by atoms with van der Waals surface area (Å²) < 4.78 is 5.26. The number of carbonyl (C=O) groups is 2. The standard InChI is InChI=1S/C17H33NO3/c1-6-8-9-10-16(19)18(13-14(3)4)12-11-17(20)21-15(5)7-2/h14-15H,6-13H2,1-5H3. The molecule has 124 valence electrons. The molecule has 0 N–H and O–H groups in total. The van der Waals surface area contributed by atoms with Gasteiger partial charge in [-0.1, -0.05) is 40.5 Å². The summed E-state index contributed by atoms with van der Waals surface area (Å²) >= 11 is 0. The molecule has 0 radical (unpaired) electrons. The summed E-state index contributed by atoms with van der Waals surface area (Å²) in [5.74, 6) is 0.360. The first kappa shape index (κ1) is 19.9. The van der Waals surface area contributed by atoms with Crippen molar-refractivity contribution in [2.75, 3.05) is 13.1 Å². The van der Waals surface area contributed by atoms with Gasteiger partial charge >= 0.3 is 5.97 Å². The predicted molar refractivity (Wildman–Crippen MR) is 86.0 cm³/mol. The molecule has 0 saturated heterocycles. The molecular formula is C17H33NO3. The molecule has 0 bridgehead atoms. The van der Waals surface area contributed by atoms with Gasteiger partial charge in [0.05, 0.1) is 12.5 Å². The van der Waals surface area contributed by atoms with E-state index in [0.717, 1.165) is 25.7 Å². The SMILES string of the molecule is CCCCCC(=O)N(CCC(=O)OC(C)CC)CC(C)C. The van der Waals surface area contributed by atoms with Crippen molar-refractivity contribution in [1.82, 2.24) is 4.90 Å². The topological polar surface area (TPSA) is 46.6 Å². The van der Waals surface area contributed by atoms with E-state index in [0.29, 0.717) is 25.4 Å². The lowest BCUT2D eigenvalue weighted by atomic mass is 10.1. The number of carbonyl (C=O) groups excluding carboxylic acids is 2. The van der Waals surface area contributed by atoms with Crippen molar-refractivity contribution in [1.29, 1.82) is 0 Å². The molecule has 0 aromatic carbocycles. The maximum Gasteiger partial charge on any atom is 0.307 e. The maximum atomic E-state index is 12.2. The van der Waals surface area contributed by atoms with Gasteiger partial charge in [-0.2, -0.15) is 0 Å². The molecule has 0 aliphatic heterocycles. The molecule has 0 aromatic rings. The molecule has 4 heteroatoms. The fourth-order valence-electron chi connectivity index (χ4n) is 2.04. The molecule has 1 atom stereocenters. The second-order valence-corrected chi connectivity index (χ2v) is 6.15. The quantitative estimate of drug-likeness (QED) is 0.431. The molecule has 1 unspecified atom stereocenters. The van der Waals surface area contributed by atoms with Crippen LogP contribution in [0, 0.1) is 5.92 Å². The zero-order valence-corrected chi connectivity index (χ0v) is 14.5. The Bertz CT molecular complexity index is 302. The molecule has 0 rings (SSSR count). The van der Waals surface area contributed by atoms with E-state index in [-0.39, 0.29) is 24.4 Å². The number of nitrogens with zero attached hydrogens (tertiary/aromatic N) is 1. The highest BCUT2D eigenvalue weighted by molar-refractivity contribution is 5.77. The Kier molecular flexibility index (Phi) is 11.0. The minimum Gasteiger partial charge on any atom is -0.463 e. The van der Waals surface area contributed by atoms with Crippen molar-refractivity contribution in [3.05, 3.63) is 0 Å². The van der Waals surface area contributed by atoms with Crippen molar-refractivity contribution in [2.24, 2.45) is 5.92 Å². The molecule has 0 saturated carbocycles. The molecule has 0 aliphatic carbocycles. The minimum absolute atomic E-state index is 0.0451. The molecule has 21 heavy (non-hydrogen) atoms. The average molecular weight is 299 g/mol. The van der Waals surface area contributed by atoms with Crippen LogP contribution in [0.4, 0.5) is 0 Å². The highest BCUT2D eigenvalue weighted by Gasteiger charge is 2.17. The minimum atomic E-state index is -0.209. The van der Waals surface area contributed by atoms with Crippen molar-refractivity contribution in [2.45, 2.75) is 79.2 Å². The van der Waals surface area contributed by atoms with Gasteiger partial charge in [-0.15, -0.1) is 0 Å². The smallest absolute Gasteiger partial charge is 0.307 e. The predicted octanol–water partition coefficient (Wildman–Crippen LogP) is 3.78. The summed E-state index contributed by atoms with van der Waals surface area (Å²) in [4.78, 5) is 25.8. The molecule has 0 fully saturated rings. The number of hydrogen-bond donors (Lipinski definition) is 0. The highest BCUT2D eigenvalue weighted by Crippen LogP contribution is 2.08. The summed E-state index contributed by atoms with van der Waals surface area (Å²) in [5, 5.41) is 0. The van der Waals surface area contributed by atoms with Crippen molar-refractivity contribution in [3.63, 3.8) is 0 Å².